The van der Waals surface area contributed by atoms with Crippen LogP contribution in [0.5, 0.6) is 0 Å². The highest BCUT2D eigenvalue weighted by molar-refractivity contribution is 9.13. The molecule has 0 saturated carbocycles. The average molecular weight is 303 g/mol. The number of rotatable bonds is 2. The van der Waals surface area contributed by atoms with Crippen molar-refractivity contribution >= 4 is 43.2 Å². The van der Waals surface area contributed by atoms with Crippen molar-refractivity contribution in [2.75, 3.05) is 6.67 Å². The Morgan fingerprint density at radius 2 is 2.27 bits per heavy atom. The molecule has 1 rings (SSSR count). The molecule has 1 aromatic rings. The summed E-state index contributed by atoms with van der Waals surface area (Å²) in [5.41, 5.74) is 5.47. The quantitative estimate of drug-likeness (QED) is 0.892. The van der Waals surface area contributed by atoms with Crippen LogP contribution in [0.25, 0.3) is 0 Å². The Morgan fingerprint density at radius 3 is 2.64 bits per heavy atom. The van der Waals surface area contributed by atoms with Gasteiger partial charge in [0.1, 0.15) is 6.67 Å². The van der Waals surface area contributed by atoms with E-state index in [9.17, 15) is 4.39 Å². The Balaban J connectivity index is 2.88. The Hall–Kier alpha value is 0.550. The van der Waals surface area contributed by atoms with E-state index in [1.54, 1.807) is 0 Å². The molecule has 0 unspecified atom stereocenters. The van der Waals surface area contributed by atoms with Crippen molar-refractivity contribution in [3.8, 4) is 0 Å². The summed E-state index contributed by atoms with van der Waals surface area (Å²) in [6.45, 7) is -0.514. The Labute approximate surface area is 85.0 Å². The fraction of sp³-hybridized carbons (Fsp3) is 0.333. The molecule has 62 valence electrons. The minimum atomic E-state index is -0.514. The van der Waals surface area contributed by atoms with Gasteiger partial charge in [-0.05, 0) is 37.9 Å². The van der Waals surface area contributed by atoms with Gasteiger partial charge in [-0.15, -0.1) is 11.3 Å². The fourth-order valence-electron chi connectivity index (χ4n) is 0.622. The Morgan fingerprint density at radius 1 is 1.64 bits per heavy atom. The lowest BCUT2D eigenvalue weighted by Crippen LogP contribution is -2.09. The van der Waals surface area contributed by atoms with E-state index in [2.05, 4.69) is 31.9 Å². The highest BCUT2D eigenvalue weighted by Crippen LogP contribution is 2.34. The number of thiophene rings is 1. The highest BCUT2D eigenvalue weighted by atomic mass is 79.9. The van der Waals surface area contributed by atoms with Crippen LogP contribution >= 0.6 is 43.2 Å². The molecular formula is C6H6Br2FNS. The summed E-state index contributed by atoms with van der Waals surface area (Å²) in [4.78, 5) is 0.853. The molecule has 11 heavy (non-hydrogen) atoms. The maximum Gasteiger partial charge on any atom is 0.109 e. The van der Waals surface area contributed by atoms with Crippen molar-refractivity contribution in [3.05, 3.63) is 19.2 Å². The van der Waals surface area contributed by atoms with Gasteiger partial charge in [0.2, 0.25) is 0 Å². The SMILES string of the molecule is N[C@H](CF)c1cc(Br)c(Br)s1. The lowest BCUT2D eigenvalue weighted by Gasteiger charge is -2.00. The van der Waals surface area contributed by atoms with E-state index >= 15 is 0 Å². The molecule has 0 amide bonds. The van der Waals surface area contributed by atoms with Gasteiger partial charge in [0.05, 0.1) is 9.83 Å². The summed E-state index contributed by atoms with van der Waals surface area (Å²) in [5, 5.41) is 0. The first kappa shape index (κ1) is 9.64. The van der Waals surface area contributed by atoms with Crippen LogP contribution in [0.1, 0.15) is 10.9 Å². The maximum atomic E-state index is 12.1. The number of hydrogen-bond donors (Lipinski definition) is 1. The Kier molecular flexibility index (Phi) is 3.49. The average Bonchev–Trinajstić information content (AvgIpc) is 2.31. The number of nitrogens with two attached hydrogens (primary N) is 1. The molecule has 0 bridgehead atoms. The lowest BCUT2D eigenvalue weighted by molar-refractivity contribution is 0.440. The first-order chi connectivity index (χ1) is 5.15. The lowest BCUT2D eigenvalue weighted by atomic mass is 10.3. The molecule has 0 fully saturated rings. The molecule has 1 atom stereocenters. The van der Waals surface area contributed by atoms with Crippen LogP contribution in [0.4, 0.5) is 4.39 Å². The molecule has 0 radical (unpaired) electrons. The van der Waals surface area contributed by atoms with Crippen molar-refractivity contribution < 1.29 is 4.39 Å². The second-order valence-electron chi connectivity index (χ2n) is 2.03. The van der Waals surface area contributed by atoms with Gasteiger partial charge < -0.3 is 5.73 Å². The molecule has 0 aromatic carbocycles. The molecule has 0 aliphatic carbocycles. The van der Waals surface area contributed by atoms with Crippen molar-refractivity contribution in [2.24, 2.45) is 5.73 Å². The van der Waals surface area contributed by atoms with Gasteiger partial charge in [0.25, 0.3) is 0 Å². The number of hydrogen-bond acceptors (Lipinski definition) is 2. The first-order valence-corrected chi connectivity index (χ1v) is 5.31. The van der Waals surface area contributed by atoms with Gasteiger partial charge in [0, 0.05) is 9.35 Å². The predicted molar refractivity (Wildman–Crippen MR) is 52.6 cm³/mol. The minimum Gasteiger partial charge on any atom is -0.321 e. The maximum absolute atomic E-state index is 12.1. The van der Waals surface area contributed by atoms with Gasteiger partial charge in [-0.3, -0.25) is 0 Å². The van der Waals surface area contributed by atoms with Crippen molar-refractivity contribution in [3.63, 3.8) is 0 Å². The van der Waals surface area contributed by atoms with Crippen LogP contribution < -0.4 is 5.73 Å². The van der Waals surface area contributed by atoms with E-state index in [1.807, 2.05) is 6.07 Å². The molecule has 0 aliphatic rings. The molecule has 1 heterocycles. The monoisotopic (exact) mass is 301 g/mol. The van der Waals surface area contributed by atoms with E-state index in [1.165, 1.54) is 11.3 Å². The van der Waals surface area contributed by atoms with E-state index in [0.717, 1.165) is 13.1 Å². The van der Waals surface area contributed by atoms with Crippen LogP contribution in [0.2, 0.25) is 0 Å². The molecule has 2 N–H and O–H groups in total. The van der Waals surface area contributed by atoms with Gasteiger partial charge >= 0.3 is 0 Å². The topological polar surface area (TPSA) is 26.0 Å². The van der Waals surface area contributed by atoms with Crippen LogP contribution in [0.15, 0.2) is 14.3 Å². The second kappa shape index (κ2) is 3.98. The summed E-state index contributed by atoms with van der Waals surface area (Å²) in [7, 11) is 0. The second-order valence-corrected chi connectivity index (χ2v) is 5.29. The van der Waals surface area contributed by atoms with E-state index in [0.29, 0.717) is 0 Å². The molecule has 0 saturated heterocycles. The zero-order chi connectivity index (χ0) is 8.43. The van der Waals surface area contributed by atoms with Crippen LogP contribution in [-0.2, 0) is 0 Å². The largest absolute Gasteiger partial charge is 0.321 e. The molecule has 0 aliphatic heterocycles. The van der Waals surface area contributed by atoms with E-state index in [4.69, 9.17) is 5.73 Å². The summed E-state index contributed by atoms with van der Waals surface area (Å²) < 4.78 is 14.0. The summed E-state index contributed by atoms with van der Waals surface area (Å²) in [6.07, 6.45) is 0. The third-order valence-electron chi connectivity index (χ3n) is 1.20. The smallest absolute Gasteiger partial charge is 0.109 e. The van der Waals surface area contributed by atoms with Crippen molar-refractivity contribution in [1.29, 1.82) is 0 Å². The summed E-state index contributed by atoms with van der Waals surface area (Å²) in [6, 6.07) is 1.35. The highest BCUT2D eigenvalue weighted by Gasteiger charge is 2.10. The van der Waals surface area contributed by atoms with E-state index in [-0.39, 0.29) is 0 Å². The third-order valence-corrected chi connectivity index (χ3v) is 4.58. The van der Waals surface area contributed by atoms with Gasteiger partial charge in [-0.1, -0.05) is 0 Å². The van der Waals surface area contributed by atoms with Crippen LogP contribution in [-0.4, -0.2) is 6.67 Å². The molecule has 5 heteroatoms. The summed E-state index contributed by atoms with van der Waals surface area (Å²) in [5.74, 6) is 0. The van der Waals surface area contributed by atoms with Crippen molar-refractivity contribution in [1.82, 2.24) is 0 Å². The molecular weight excluding hydrogens is 297 g/mol. The number of halogens is 3. The molecule has 0 spiro atoms. The van der Waals surface area contributed by atoms with Crippen LogP contribution in [0, 0.1) is 0 Å². The number of alkyl halides is 1. The van der Waals surface area contributed by atoms with Gasteiger partial charge in [-0.25, -0.2) is 4.39 Å². The fourth-order valence-corrected chi connectivity index (χ4v) is 2.69. The zero-order valence-corrected chi connectivity index (χ0v) is 9.47. The normalized spacial score (nSPS) is 13.5. The predicted octanol–water partition coefficient (Wildman–Crippen LogP) is 3.24. The van der Waals surface area contributed by atoms with Gasteiger partial charge in [0.15, 0.2) is 0 Å². The molecule has 1 aromatic heterocycles. The molecule has 1 nitrogen and oxygen atoms in total. The van der Waals surface area contributed by atoms with E-state index < -0.39 is 12.7 Å². The van der Waals surface area contributed by atoms with Gasteiger partial charge in [-0.2, -0.15) is 0 Å². The zero-order valence-electron chi connectivity index (χ0n) is 5.48. The minimum absolute atomic E-state index is 0.484. The van der Waals surface area contributed by atoms with Crippen LogP contribution in [0.3, 0.4) is 0 Å². The van der Waals surface area contributed by atoms with Crippen molar-refractivity contribution in [2.45, 2.75) is 6.04 Å². The standard InChI is InChI=1S/C6H6Br2FNS/c7-3-1-5(4(10)2-9)11-6(3)8/h1,4H,2,10H2/t4-/m1/s1. The first-order valence-electron chi connectivity index (χ1n) is 2.91. The Bertz CT molecular complexity index is 231. The third kappa shape index (κ3) is 2.24. The summed E-state index contributed by atoms with van der Waals surface area (Å²) >= 11 is 8.06.